The van der Waals surface area contributed by atoms with E-state index in [4.69, 9.17) is 9.97 Å². The predicted octanol–water partition coefficient (Wildman–Crippen LogP) is 5.05. The third-order valence-corrected chi connectivity index (χ3v) is 4.76. The smallest absolute Gasteiger partial charge is 0.225 e. The average molecular weight is 344 g/mol. The molecule has 26 heavy (non-hydrogen) atoms. The van der Waals surface area contributed by atoms with Gasteiger partial charge in [-0.25, -0.2) is 4.98 Å². The zero-order chi connectivity index (χ0) is 17.8. The Bertz CT molecular complexity index is 876. The molecule has 0 fully saturated rings. The third-order valence-electron chi connectivity index (χ3n) is 4.76. The monoisotopic (exact) mass is 344 g/mol. The van der Waals surface area contributed by atoms with Crippen LogP contribution < -0.4 is 10.2 Å². The zero-order valence-corrected chi connectivity index (χ0v) is 15.2. The second kappa shape index (κ2) is 7.56. The molecule has 0 spiro atoms. The van der Waals surface area contributed by atoms with Crippen molar-refractivity contribution in [1.82, 2.24) is 9.97 Å². The number of aromatic nitrogens is 2. The number of nitrogens with zero attached hydrogens (tertiary/aromatic N) is 3. The van der Waals surface area contributed by atoms with Crippen LogP contribution in [0.3, 0.4) is 0 Å². The molecule has 0 amide bonds. The highest BCUT2D eigenvalue weighted by Gasteiger charge is 2.22. The van der Waals surface area contributed by atoms with Crippen LogP contribution >= 0.6 is 0 Å². The number of fused-ring (bicyclic) bond motifs is 1. The first-order valence-electron chi connectivity index (χ1n) is 9.39. The Labute approximate surface area is 154 Å². The van der Waals surface area contributed by atoms with E-state index in [0.29, 0.717) is 5.95 Å². The summed E-state index contributed by atoms with van der Waals surface area (Å²) in [6.07, 6.45) is 3.32. The largest absolute Gasteiger partial charge is 0.354 e. The maximum Gasteiger partial charge on any atom is 0.225 e. The molecule has 0 saturated carbocycles. The van der Waals surface area contributed by atoms with Crippen molar-refractivity contribution in [2.75, 3.05) is 23.3 Å². The van der Waals surface area contributed by atoms with Gasteiger partial charge in [-0.15, -0.1) is 0 Å². The van der Waals surface area contributed by atoms with Crippen molar-refractivity contribution in [2.24, 2.45) is 0 Å². The highest BCUT2D eigenvalue weighted by Crippen LogP contribution is 2.35. The van der Waals surface area contributed by atoms with Crippen LogP contribution in [0.5, 0.6) is 0 Å². The van der Waals surface area contributed by atoms with Gasteiger partial charge < -0.3 is 10.2 Å². The number of benzene rings is 2. The lowest BCUT2D eigenvalue weighted by molar-refractivity contribution is 0.825. The Morgan fingerprint density at radius 1 is 1.00 bits per heavy atom. The molecule has 4 rings (SSSR count). The van der Waals surface area contributed by atoms with Crippen molar-refractivity contribution >= 4 is 17.5 Å². The van der Waals surface area contributed by atoms with Gasteiger partial charge in [-0.3, -0.25) is 0 Å². The molecule has 1 aromatic heterocycles. The van der Waals surface area contributed by atoms with Crippen molar-refractivity contribution in [2.45, 2.75) is 26.2 Å². The maximum atomic E-state index is 4.82. The van der Waals surface area contributed by atoms with Gasteiger partial charge in [0.25, 0.3) is 0 Å². The van der Waals surface area contributed by atoms with Crippen LogP contribution in [0.1, 0.15) is 25.3 Å². The molecular weight excluding hydrogens is 320 g/mol. The summed E-state index contributed by atoms with van der Waals surface area (Å²) < 4.78 is 0. The van der Waals surface area contributed by atoms with Crippen LogP contribution in [0, 0.1) is 0 Å². The molecule has 132 valence electrons. The van der Waals surface area contributed by atoms with E-state index in [1.165, 1.54) is 11.3 Å². The van der Waals surface area contributed by atoms with Crippen molar-refractivity contribution in [1.29, 1.82) is 0 Å². The van der Waals surface area contributed by atoms with E-state index in [1.807, 2.05) is 18.2 Å². The molecule has 1 aliphatic heterocycles. The molecule has 3 aromatic rings. The Hall–Kier alpha value is -2.88. The Kier molecular flexibility index (Phi) is 4.82. The normalized spacial score (nSPS) is 12.9. The van der Waals surface area contributed by atoms with E-state index >= 15 is 0 Å². The summed E-state index contributed by atoms with van der Waals surface area (Å²) in [7, 11) is 0. The fourth-order valence-corrected chi connectivity index (χ4v) is 3.36. The summed E-state index contributed by atoms with van der Waals surface area (Å²) in [5.74, 6) is 1.67. The van der Waals surface area contributed by atoms with Crippen molar-refractivity contribution < 1.29 is 0 Å². The summed E-state index contributed by atoms with van der Waals surface area (Å²) in [6.45, 7) is 4.04. The number of hydrogen-bond donors (Lipinski definition) is 1. The molecule has 1 N–H and O–H groups in total. The highest BCUT2D eigenvalue weighted by molar-refractivity contribution is 5.72. The van der Waals surface area contributed by atoms with E-state index in [2.05, 4.69) is 59.6 Å². The van der Waals surface area contributed by atoms with Crippen LogP contribution in [0.4, 0.5) is 17.5 Å². The van der Waals surface area contributed by atoms with Crippen molar-refractivity contribution in [3.05, 3.63) is 66.2 Å². The lowest BCUT2D eigenvalue weighted by atomic mass is 10.1. The SMILES string of the molecule is CCCCNc1nc(-c2ccccc2)cc(N2CCc3ccccc32)n1. The standard InChI is InChI=1S/C22H24N4/c1-2-3-14-23-22-24-19(17-9-5-4-6-10-17)16-21(25-22)26-15-13-18-11-7-8-12-20(18)26/h4-12,16H,2-3,13-15H2,1H3,(H,23,24,25). The minimum Gasteiger partial charge on any atom is -0.354 e. The predicted molar refractivity (Wildman–Crippen MR) is 108 cm³/mol. The molecule has 0 saturated heterocycles. The van der Waals surface area contributed by atoms with Gasteiger partial charge in [0.1, 0.15) is 5.82 Å². The molecule has 0 aliphatic carbocycles. The Morgan fingerprint density at radius 2 is 1.81 bits per heavy atom. The van der Waals surface area contributed by atoms with Gasteiger partial charge in [-0.05, 0) is 24.5 Å². The third kappa shape index (κ3) is 3.40. The number of rotatable bonds is 6. The molecule has 0 bridgehead atoms. The first-order chi connectivity index (χ1) is 12.8. The number of para-hydroxylation sites is 1. The van der Waals surface area contributed by atoms with Crippen LogP contribution in [0.15, 0.2) is 60.7 Å². The lowest BCUT2D eigenvalue weighted by Crippen LogP contribution is -2.17. The van der Waals surface area contributed by atoms with Gasteiger partial charge in [0.15, 0.2) is 0 Å². The summed E-state index contributed by atoms with van der Waals surface area (Å²) in [4.78, 5) is 11.9. The van der Waals surface area contributed by atoms with Gasteiger partial charge >= 0.3 is 0 Å². The summed E-state index contributed by atoms with van der Waals surface area (Å²) in [6, 6.07) is 21.0. The Balaban J connectivity index is 1.73. The highest BCUT2D eigenvalue weighted by atomic mass is 15.2. The van der Waals surface area contributed by atoms with Crippen LogP contribution in [-0.4, -0.2) is 23.1 Å². The minimum absolute atomic E-state index is 0.708. The molecule has 0 atom stereocenters. The van der Waals surface area contributed by atoms with E-state index in [0.717, 1.165) is 49.4 Å². The summed E-state index contributed by atoms with van der Waals surface area (Å²) >= 11 is 0. The fourth-order valence-electron chi connectivity index (χ4n) is 3.36. The molecule has 1 aliphatic rings. The molecule has 4 nitrogen and oxygen atoms in total. The summed E-state index contributed by atoms with van der Waals surface area (Å²) in [5.41, 5.74) is 4.71. The molecule has 4 heteroatoms. The van der Waals surface area contributed by atoms with E-state index in [9.17, 15) is 0 Å². The summed E-state index contributed by atoms with van der Waals surface area (Å²) in [5, 5.41) is 3.39. The number of nitrogens with one attached hydrogen (secondary N) is 1. The molecule has 2 heterocycles. The fraction of sp³-hybridized carbons (Fsp3) is 0.273. The lowest BCUT2D eigenvalue weighted by Gasteiger charge is -2.20. The van der Waals surface area contributed by atoms with Crippen molar-refractivity contribution in [3.8, 4) is 11.3 Å². The Morgan fingerprint density at radius 3 is 2.65 bits per heavy atom. The average Bonchev–Trinajstić information content (AvgIpc) is 3.13. The number of hydrogen-bond acceptors (Lipinski definition) is 4. The van der Waals surface area contributed by atoms with Gasteiger partial charge in [-0.1, -0.05) is 61.9 Å². The second-order valence-corrected chi connectivity index (χ2v) is 6.61. The number of anilines is 3. The van der Waals surface area contributed by atoms with Crippen LogP contribution in [0.25, 0.3) is 11.3 Å². The first kappa shape index (κ1) is 16.6. The second-order valence-electron chi connectivity index (χ2n) is 6.61. The van der Waals surface area contributed by atoms with E-state index in [-0.39, 0.29) is 0 Å². The first-order valence-corrected chi connectivity index (χ1v) is 9.39. The molecule has 2 aromatic carbocycles. The molecule has 0 radical (unpaired) electrons. The van der Waals surface area contributed by atoms with Crippen LogP contribution in [0.2, 0.25) is 0 Å². The minimum atomic E-state index is 0.708. The van der Waals surface area contributed by atoms with Gasteiger partial charge in [0.05, 0.1) is 5.69 Å². The molecule has 0 unspecified atom stereocenters. The van der Waals surface area contributed by atoms with Gasteiger partial charge in [0, 0.05) is 30.4 Å². The quantitative estimate of drug-likeness (QED) is 0.635. The topological polar surface area (TPSA) is 41.1 Å². The van der Waals surface area contributed by atoms with Gasteiger partial charge in [0.2, 0.25) is 5.95 Å². The van der Waals surface area contributed by atoms with E-state index < -0.39 is 0 Å². The molecular formula is C22H24N4. The van der Waals surface area contributed by atoms with Crippen LogP contribution in [-0.2, 0) is 6.42 Å². The number of unbranched alkanes of at least 4 members (excludes halogenated alkanes) is 1. The van der Waals surface area contributed by atoms with E-state index in [1.54, 1.807) is 0 Å². The van der Waals surface area contributed by atoms with Crippen molar-refractivity contribution in [3.63, 3.8) is 0 Å². The van der Waals surface area contributed by atoms with Gasteiger partial charge in [-0.2, -0.15) is 4.98 Å². The zero-order valence-electron chi connectivity index (χ0n) is 15.2. The maximum absolute atomic E-state index is 4.82.